The van der Waals surface area contributed by atoms with Crippen LogP contribution < -0.4 is 5.32 Å². The van der Waals surface area contributed by atoms with Crippen LogP contribution in [0, 0.1) is 12.8 Å². The fourth-order valence-corrected chi connectivity index (χ4v) is 2.01. The molecule has 0 spiro atoms. The molecule has 1 aromatic rings. The Hall–Kier alpha value is -1.35. The fourth-order valence-electron chi connectivity index (χ4n) is 2.01. The van der Waals surface area contributed by atoms with Gasteiger partial charge in [-0.2, -0.15) is 0 Å². The molecule has 0 fully saturated rings. The third-order valence-electron chi connectivity index (χ3n) is 3.63. The molecule has 18 heavy (non-hydrogen) atoms. The Morgan fingerprint density at radius 1 is 1.28 bits per heavy atom. The minimum Gasteiger partial charge on any atom is -0.480 e. The molecule has 2 atom stereocenters. The van der Waals surface area contributed by atoms with Gasteiger partial charge in [-0.3, -0.25) is 5.32 Å². The Morgan fingerprint density at radius 2 is 1.83 bits per heavy atom. The lowest BCUT2D eigenvalue weighted by molar-refractivity contribution is -0.145. The molecule has 0 aliphatic heterocycles. The van der Waals surface area contributed by atoms with Crippen molar-refractivity contribution in [1.82, 2.24) is 5.32 Å². The summed E-state index contributed by atoms with van der Waals surface area (Å²) in [6, 6.07) is 7.76. The zero-order valence-corrected chi connectivity index (χ0v) is 11.8. The zero-order chi connectivity index (χ0) is 13.9. The fraction of sp³-hybridized carbons (Fsp3) is 0.533. The highest BCUT2D eigenvalue weighted by Crippen LogP contribution is 2.26. The van der Waals surface area contributed by atoms with E-state index in [2.05, 4.69) is 19.2 Å². The standard InChI is InChI=1S/C15H23NO2/c1-10(2)12(4)16-15(5,14(17)18)13-9-7-6-8-11(13)3/h6-10,12,16H,1-5H3,(H,17,18). The SMILES string of the molecule is Cc1ccccc1C(C)(NC(C)C(C)C)C(=O)O. The van der Waals surface area contributed by atoms with E-state index in [1.807, 2.05) is 38.1 Å². The van der Waals surface area contributed by atoms with Gasteiger partial charge in [0.05, 0.1) is 0 Å². The number of hydrogen-bond donors (Lipinski definition) is 2. The van der Waals surface area contributed by atoms with E-state index in [-0.39, 0.29) is 6.04 Å². The number of carboxylic acids is 1. The predicted octanol–water partition coefficient (Wildman–Crippen LogP) is 2.93. The van der Waals surface area contributed by atoms with Gasteiger partial charge in [-0.15, -0.1) is 0 Å². The van der Waals surface area contributed by atoms with Crippen LogP contribution in [0.2, 0.25) is 0 Å². The molecule has 1 rings (SSSR count). The minimum absolute atomic E-state index is 0.130. The largest absolute Gasteiger partial charge is 0.480 e. The second kappa shape index (κ2) is 5.53. The average molecular weight is 249 g/mol. The van der Waals surface area contributed by atoms with Crippen LogP contribution in [0.25, 0.3) is 0 Å². The van der Waals surface area contributed by atoms with Crippen molar-refractivity contribution in [2.75, 3.05) is 0 Å². The Labute approximate surface area is 109 Å². The van der Waals surface area contributed by atoms with Gasteiger partial charge in [-0.05, 0) is 37.8 Å². The molecule has 0 bridgehead atoms. The normalized spacial score (nSPS) is 16.3. The van der Waals surface area contributed by atoms with Crippen LogP contribution in [0.1, 0.15) is 38.8 Å². The van der Waals surface area contributed by atoms with Gasteiger partial charge in [-0.25, -0.2) is 4.79 Å². The molecule has 3 nitrogen and oxygen atoms in total. The Morgan fingerprint density at radius 3 is 2.28 bits per heavy atom. The smallest absolute Gasteiger partial charge is 0.328 e. The van der Waals surface area contributed by atoms with Gasteiger partial charge in [0.25, 0.3) is 0 Å². The Balaban J connectivity index is 3.16. The number of aryl methyl sites for hydroxylation is 1. The summed E-state index contributed by atoms with van der Waals surface area (Å²) < 4.78 is 0. The van der Waals surface area contributed by atoms with Gasteiger partial charge in [0, 0.05) is 6.04 Å². The summed E-state index contributed by atoms with van der Waals surface area (Å²) in [5.41, 5.74) is 0.769. The van der Waals surface area contributed by atoms with Crippen LogP contribution in [-0.2, 0) is 10.3 Å². The number of nitrogens with one attached hydrogen (secondary N) is 1. The second-order valence-corrected chi connectivity index (χ2v) is 5.42. The first-order valence-corrected chi connectivity index (χ1v) is 6.36. The molecule has 1 aromatic carbocycles. The van der Waals surface area contributed by atoms with Crippen molar-refractivity contribution in [1.29, 1.82) is 0 Å². The summed E-state index contributed by atoms with van der Waals surface area (Å²) >= 11 is 0. The van der Waals surface area contributed by atoms with Gasteiger partial charge < -0.3 is 5.11 Å². The lowest BCUT2D eigenvalue weighted by atomic mass is 9.87. The van der Waals surface area contributed by atoms with Crippen LogP contribution in [0.15, 0.2) is 24.3 Å². The van der Waals surface area contributed by atoms with Crippen molar-refractivity contribution in [3.05, 3.63) is 35.4 Å². The van der Waals surface area contributed by atoms with Gasteiger partial charge >= 0.3 is 5.97 Å². The van der Waals surface area contributed by atoms with Crippen LogP contribution >= 0.6 is 0 Å². The van der Waals surface area contributed by atoms with Gasteiger partial charge in [0.1, 0.15) is 5.54 Å². The lowest BCUT2D eigenvalue weighted by Gasteiger charge is -2.33. The van der Waals surface area contributed by atoms with Crippen molar-refractivity contribution in [3.63, 3.8) is 0 Å². The quantitative estimate of drug-likeness (QED) is 0.843. The van der Waals surface area contributed by atoms with Crippen LogP contribution in [0.5, 0.6) is 0 Å². The van der Waals surface area contributed by atoms with Crippen molar-refractivity contribution < 1.29 is 9.90 Å². The second-order valence-electron chi connectivity index (χ2n) is 5.42. The molecule has 0 aliphatic carbocycles. The molecule has 100 valence electrons. The molecule has 0 amide bonds. The molecular weight excluding hydrogens is 226 g/mol. The van der Waals surface area contributed by atoms with Gasteiger partial charge in [0.2, 0.25) is 0 Å². The molecule has 0 saturated heterocycles. The molecule has 0 aromatic heterocycles. The minimum atomic E-state index is -1.05. The number of hydrogen-bond acceptors (Lipinski definition) is 2. The molecule has 2 N–H and O–H groups in total. The molecule has 2 unspecified atom stereocenters. The summed E-state index contributed by atoms with van der Waals surface area (Å²) in [5, 5.41) is 12.8. The van der Waals surface area contributed by atoms with Crippen LogP contribution in [-0.4, -0.2) is 17.1 Å². The summed E-state index contributed by atoms with van der Waals surface area (Å²) in [6.07, 6.45) is 0. The van der Waals surface area contributed by atoms with Crippen molar-refractivity contribution in [3.8, 4) is 0 Å². The first kappa shape index (κ1) is 14.7. The summed E-state index contributed by atoms with van der Waals surface area (Å²) in [6.45, 7) is 9.86. The number of carboxylic acid groups (broad SMARTS) is 1. The predicted molar refractivity (Wildman–Crippen MR) is 73.6 cm³/mol. The van der Waals surface area contributed by atoms with E-state index in [0.717, 1.165) is 11.1 Å². The van der Waals surface area contributed by atoms with E-state index in [0.29, 0.717) is 5.92 Å². The summed E-state index contributed by atoms with van der Waals surface area (Å²) in [5.74, 6) is -0.461. The van der Waals surface area contributed by atoms with E-state index in [1.165, 1.54) is 0 Å². The maximum absolute atomic E-state index is 11.7. The number of carbonyl (C=O) groups is 1. The van der Waals surface area contributed by atoms with E-state index in [1.54, 1.807) is 6.92 Å². The third-order valence-corrected chi connectivity index (χ3v) is 3.63. The van der Waals surface area contributed by atoms with Gasteiger partial charge in [-0.1, -0.05) is 38.1 Å². The van der Waals surface area contributed by atoms with Crippen molar-refractivity contribution >= 4 is 5.97 Å². The molecule has 0 aliphatic rings. The maximum Gasteiger partial charge on any atom is 0.328 e. The van der Waals surface area contributed by atoms with Gasteiger partial charge in [0.15, 0.2) is 0 Å². The molecule has 0 radical (unpaired) electrons. The Bertz CT molecular complexity index is 428. The molecule has 0 saturated carbocycles. The maximum atomic E-state index is 11.7. The van der Waals surface area contributed by atoms with Crippen molar-refractivity contribution in [2.45, 2.75) is 46.2 Å². The van der Waals surface area contributed by atoms with E-state index >= 15 is 0 Å². The highest BCUT2D eigenvalue weighted by atomic mass is 16.4. The van der Waals surface area contributed by atoms with E-state index in [4.69, 9.17) is 0 Å². The van der Waals surface area contributed by atoms with Crippen molar-refractivity contribution in [2.24, 2.45) is 5.92 Å². The topological polar surface area (TPSA) is 49.3 Å². The first-order chi connectivity index (χ1) is 8.29. The molecule has 0 heterocycles. The number of benzene rings is 1. The monoisotopic (exact) mass is 249 g/mol. The first-order valence-electron chi connectivity index (χ1n) is 6.36. The van der Waals surface area contributed by atoms with E-state index < -0.39 is 11.5 Å². The molecular formula is C15H23NO2. The number of aliphatic carboxylic acids is 1. The zero-order valence-electron chi connectivity index (χ0n) is 11.8. The highest BCUT2D eigenvalue weighted by molar-refractivity contribution is 5.80. The molecule has 3 heteroatoms. The Kier molecular flexibility index (Phi) is 4.52. The lowest BCUT2D eigenvalue weighted by Crippen LogP contribution is -2.52. The number of rotatable bonds is 5. The summed E-state index contributed by atoms with van der Waals surface area (Å²) in [4.78, 5) is 11.7. The highest BCUT2D eigenvalue weighted by Gasteiger charge is 2.37. The van der Waals surface area contributed by atoms with E-state index in [9.17, 15) is 9.90 Å². The summed E-state index contributed by atoms with van der Waals surface area (Å²) in [7, 11) is 0. The van der Waals surface area contributed by atoms with Crippen LogP contribution in [0.4, 0.5) is 0 Å². The third kappa shape index (κ3) is 2.91. The average Bonchev–Trinajstić information content (AvgIpc) is 2.28. The van der Waals surface area contributed by atoms with Crippen LogP contribution in [0.3, 0.4) is 0 Å².